The van der Waals surface area contributed by atoms with E-state index in [1.54, 1.807) is 0 Å². The number of carbonyl (C=O) groups is 1. The summed E-state index contributed by atoms with van der Waals surface area (Å²) in [5.74, 6) is 1.10. The molecule has 0 spiro atoms. The minimum Gasteiger partial charge on any atom is -0.345 e. The minimum atomic E-state index is -0.292. The van der Waals surface area contributed by atoms with Crippen LogP contribution in [0.25, 0.3) is 10.9 Å². The van der Waals surface area contributed by atoms with E-state index < -0.39 is 0 Å². The lowest BCUT2D eigenvalue weighted by molar-refractivity contribution is -0.122. The molecule has 3 rings (SSSR count). The highest BCUT2D eigenvalue weighted by atomic mass is 16.2. The number of fused-ring (bicyclic) bond motifs is 1. The highest BCUT2D eigenvalue weighted by Gasteiger charge is 2.18. The van der Waals surface area contributed by atoms with Gasteiger partial charge in [-0.2, -0.15) is 10.4 Å². The molecule has 7 nitrogen and oxygen atoms in total. The number of nitriles is 1. The fraction of sp³-hybridized carbons (Fsp3) is 0.294. The van der Waals surface area contributed by atoms with Gasteiger partial charge in [0, 0.05) is 11.1 Å². The number of nitrogens with one attached hydrogen (secondary N) is 2. The van der Waals surface area contributed by atoms with E-state index in [0.717, 1.165) is 16.6 Å². The molecule has 0 fully saturated rings. The Balaban J connectivity index is 1.84. The van der Waals surface area contributed by atoms with Crippen LogP contribution in [0.15, 0.2) is 24.3 Å². The molecular weight excluding hydrogens is 304 g/mol. The molecule has 1 aromatic carbocycles. The van der Waals surface area contributed by atoms with Gasteiger partial charge in [-0.1, -0.05) is 18.2 Å². The van der Waals surface area contributed by atoms with Gasteiger partial charge in [0.15, 0.2) is 5.82 Å². The van der Waals surface area contributed by atoms with Crippen molar-refractivity contribution in [2.24, 2.45) is 0 Å². The van der Waals surface area contributed by atoms with Crippen LogP contribution in [0.4, 0.5) is 0 Å². The van der Waals surface area contributed by atoms with Crippen LogP contribution < -0.4 is 5.32 Å². The van der Waals surface area contributed by atoms with Crippen molar-refractivity contribution in [3.8, 4) is 6.07 Å². The van der Waals surface area contributed by atoms with Crippen molar-refractivity contribution in [2.45, 2.75) is 33.4 Å². The highest BCUT2D eigenvalue weighted by molar-refractivity contribution is 5.89. The van der Waals surface area contributed by atoms with Crippen molar-refractivity contribution in [3.05, 3.63) is 47.2 Å². The Hall–Kier alpha value is -3.14. The van der Waals surface area contributed by atoms with Gasteiger partial charge in [0.2, 0.25) is 5.91 Å². The summed E-state index contributed by atoms with van der Waals surface area (Å²) in [5.41, 5.74) is 2.27. The SMILES string of the molecule is Cc1nc([C@@H](C)NC(=O)Cn2c(C)c(C#N)c3ccccc32)n[nH]1. The maximum atomic E-state index is 12.4. The molecule has 1 amide bonds. The van der Waals surface area contributed by atoms with Crippen molar-refractivity contribution in [1.82, 2.24) is 25.1 Å². The van der Waals surface area contributed by atoms with Gasteiger partial charge in [-0.15, -0.1) is 0 Å². The standard InChI is InChI=1S/C17H18N6O/c1-10(17-20-12(3)21-22-17)19-16(24)9-23-11(2)14(8-18)13-6-4-5-7-15(13)23/h4-7,10H,9H2,1-3H3,(H,19,24)(H,20,21,22)/t10-/m1/s1. The third-order valence-electron chi connectivity index (χ3n) is 4.02. The van der Waals surface area contributed by atoms with E-state index in [4.69, 9.17) is 0 Å². The van der Waals surface area contributed by atoms with Gasteiger partial charge in [0.05, 0.1) is 17.1 Å². The summed E-state index contributed by atoms with van der Waals surface area (Å²) in [6.07, 6.45) is 0. The quantitative estimate of drug-likeness (QED) is 0.768. The molecule has 2 heterocycles. The largest absolute Gasteiger partial charge is 0.345 e. The lowest BCUT2D eigenvalue weighted by atomic mass is 10.1. The second-order valence-electron chi connectivity index (χ2n) is 5.74. The first-order chi connectivity index (χ1) is 11.5. The molecule has 0 radical (unpaired) electrons. The Morgan fingerprint density at radius 1 is 1.42 bits per heavy atom. The van der Waals surface area contributed by atoms with Crippen LogP contribution in [0.2, 0.25) is 0 Å². The maximum absolute atomic E-state index is 12.4. The Kier molecular flexibility index (Phi) is 4.04. The van der Waals surface area contributed by atoms with Crippen LogP contribution in [0, 0.1) is 25.2 Å². The number of aryl methyl sites for hydroxylation is 1. The molecule has 0 aliphatic carbocycles. The molecule has 7 heteroatoms. The summed E-state index contributed by atoms with van der Waals surface area (Å²) in [5, 5.41) is 20.0. The lowest BCUT2D eigenvalue weighted by Crippen LogP contribution is -2.31. The van der Waals surface area contributed by atoms with Crippen molar-refractivity contribution in [3.63, 3.8) is 0 Å². The number of rotatable bonds is 4. The molecular formula is C17H18N6O. The fourth-order valence-electron chi connectivity index (χ4n) is 2.82. The Morgan fingerprint density at radius 2 is 2.17 bits per heavy atom. The lowest BCUT2D eigenvalue weighted by Gasteiger charge is -2.12. The van der Waals surface area contributed by atoms with Crippen LogP contribution in [0.5, 0.6) is 0 Å². The molecule has 2 aromatic heterocycles. The summed E-state index contributed by atoms with van der Waals surface area (Å²) in [7, 11) is 0. The molecule has 0 unspecified atom stereocenters. The van der Waals surface area contributed by atoms with Crippen LogP contribution in [0.3, 0.4) is 0 Å². The molecule has 0 aliphatic heterocycles. The van der Waals surface area contributed by atoms with Crippen molar-refractivity contribution in [1.29, 1.82) is 5.26 Å². The first kappa shape index (κ1) is 15.7. The number of hydrogen-bond acceptors (Lipinski definition) is 4. The summed E-state index contributed by atoms with van der Waals surface area (Å²) in [6, 6.07) is 9.53. The number of hydrogen-bond donors (Lipinski definition) is 2. The first-order valence-electron chi connectivity index (χ1n) is 7.67. The zero-order valence-electron chi connectivity index (χ0n) is 13.8. The molecule has 3 aromatic rings. The van der Waals surface area contributed by atoms with E-state index in [9.17, 15) is 10.1 Å². The normalized spacial score (nSPS) is 12.1. The molecule has 0 saturated heterocycles. The van der Waals surface area contributed by atoms with Gasteiger partial charge in [0.25, 0.3) is 0 Å². The maximum Gasteiger partial charge on any atom is 0.240 e. The smallest absolute Gasteiger partial charge is 0.240 e. The summed E-state index contributed by atoms with van der Waals surface area (Å²) < 4.78 is 1.86. The van der Waals surface area contributed by atoms with E-state index in [1.807, 2.05) is 49.6 Å². The Labute approximate surface area is 139 Å². The number of H-pyrrole nitrogens is 1. The van der Waals surface area contributed by atoms with Gasteiger partial charge >= 0.3 is 0 Å². The number of benzene rings is 1. The van der Waals surface area contributed by atoms with E-state index in [0.29, 0.717) is 17.2 Å². The van der Waals surface area contributed by atoms with Crippen LogP contribution in [-0.2, 0) is 11.3 Å². The number of para-hydroxylation sites is 1. The second kappa shape index (κ2) is 6.16. The predicted octanol–water partition coefficient (Wildman–Crippen LogP) is 2.13. The zero-order valence-corrected chi connectivity index (χ0v) is 13.8. The van der Waals surface area contributed by atoms with Crippen molar-refractivity contribution >= 4 is 16.8 Å². The topological polar surface area (TPSA) is 99.4 Å². The number of aromatic nitrogens is 4. The molecule has 2 N–H and O–H groups in total. The predicted molar refractivity (Wildman–Crippen MR) is 89.1 cm³/mol. The second-order valence-corrected chi connectivity index (χ2v) is 5.74. The van der Waals surface area contributed by atoms with E-state index >= 15 is 0 Å². The summed E-state index contributed by atoms with van der Waals surface area (Å²) >= 11 is 0. The average Bonchev–Trinajstić information content (AvgIpc) is 3.10. The molecule has 24 heavy (non-hydrogen) atoms. The fourth-order valence-corrected chi connectivity index (χ4v) is 2.82. The zero-order chi connectivity index (χ0) is 17.3. The molecule has 0 aliphatic rings. The molecule has 122 valence electrons. The third kappa shape index (κ3) is 2.74. The van der Waals surface area contributed by atoms with Gasteiger partial charge in [-0.3, -0.25) is 9.89 Å². The van der Waals surface area contributed by atoms with Crippen LogP contribution >= 0.6 is 0 Å². The Bertz CT molecular complexity index is 946. The number of carbonyl (C=O) groups excluding carboxylic acids is 1. The van der Waals surface area contributed by atoms with Crippen LogP contribution in [-0.4, -0.2) is 25.7 Å². The molecule has 1 atom stereocenters. The minimum absolute atomic E-state index is 0.141. The Morgan fingerprint density at radius 3 is 2.83 bits per heavy atom. The van der Waals surface area contributed by atoms with Gasteiger partial charge in [-0.05, 0) is 26.8 Å². The number of aromatic amines is 1. The monoisotopic (exact) mass is 322 g/mol. The van der Waals surface area contributed by atoms with Gasteiger partial charge in [-0.25, -0.2) is 4.98 Å². The summed E-state index contributed by atoms with van der Waals surface area (Å²) in [6.45, 7) is 5.64. The molecule has 0 bridgehead atoms. The van der Waals surface area contributed by atoms with Crippen LogP contribution in [0.1, 0.15) is 35.9 Å². The third-order valence-corrected chi connectivity index (χ3v) is 4.02. The van der Waals surface area contributed by atoms with E-state index in [2.05, 4.69) is 26.6 Å². The number of amides is 1. The van der Waals surface area contributed by atoms with Gasteiger partial charge < -0.3 is 9.88 Å². The molecule has 0 saturated carbocycles. The summed E-state index contributed by atoms with van der Waals surface area (Å²) in [4.78, 5) is 16.6. The van der Waals surface area contributed by atoms with E-state index in [-0.39, 0.29) is 18.5 Å². The highest BCUT2D eigenvalue weighted by Crippen LogP contribution is 2.25. The van der Waals surface area contributed by atoms with Crippen molar-refractivity contribution in [2.75, 3.05) is 0 Å². The first-order valence-corrected chi connectivity index (χ1v) is 7.67. The number of nitrogens with zero attached hydrogens (tertiary/aromatic N) is 4. The van der Waals surface area contributed by atoms with Gasteiger partial charge in [0.1, 0.15) is 18.4 Å². The average molecular weight is 322 g/mol. The van der Waals surface area contributed by atoms with E-state index in [1.165, 1.54) is 0 Å². The van der Waals surface area contributed by atoms with Crippen molar-refractivity contribution < 1.29 is 4.79 Å².